The number of rotatable bonds is 2. The third-order valence-corrected chi connectivity index (χ3v) is 5.04. The smallest absolute Gasteiger partial charge is 0.264 e. The maximum atomic E-state index is 13.3. The van der Waals surface area contributed by atoms with Crippen LogP contribution in [0.1, 0.15) is 5.56 Å². The van der Waals surface area contributed by atoms with Gasteiger partial charge < -0.3 is 0 Å². The molecule has 0 aliphatic carbocycles. The van der Waals surface area contributed by atoms with Crippen LogP contribution in [0.3, 0.4) is 0 Å². The summed E-state index contributed by atoms with van der Waals surface area (Å²) in [5.41, 5.74) is 2.20. The number of alkyl halides is 3. The minimum absolute atomic E-state index is 0. The summed E-state index contributed by atoms with van der Waals surface area (Å²) in [6.45, 7) is 0. The molecular formula is C20H13ClF3NS. The van der Waals surface area contributed by atoms with Crippen LogP contribution in [0.15, 0.2) is 72.4 Å². The van der Waals surface area contributed by atoms with Crippen molar-refractivity contribution in [1.82, 2.24) is 4.98 Å². The predicted molar refractivity (Wildman–Crippen MR) is 103 cm³/mol. The molecule has 2 heterocycles. The molecule has 0 saturated carbocycles. The van der Waals surface area contributed by atoms with Gasteiger partial charge in [0.25, 0.3) is 0 Å². The van der Waals surface area contributed by atoms with E-state index in [9.17, 15) is 13.2 Å². The van der Waals surface area contributed by atoms with Gasteiger partial charge in [-0.3, -0.25) is 4.98 Å². The lowest BCUT2D eigenvalue weighted by molar-refractivity contribution is -0.137. The fourth-order valence-corrected chi connectivity index (χ4v) is 3.93. The molecular weight excluding hydrogens is 379 g/mol. The highest BCUT2D eigenvalue weighted by atomic mass is 35.5. The van der Waals surface area contributed by atoms with Gasteiger partial charge in [0, 0.05) is 33.6 Å². The first kappa shape index (κ1) is 18.4. The Morgan fingerprint density at radius 3 is 2.38 bits per heavy atom. The molecule has 0 atom stereocenters. The number of fused-ring (bicyclic) bond motifs is 1. The maximum absolute atomic E-state index is 13.3. The maximum Gasteiger partial charge on any atom is 0.417 e. The van der Waals surface area contributed by atoms with Crippen LogP contribution in [0.2, 0.25) is 0 Å². The summed E-state index contributed by atoms with van der Waals surface area (Å²) < 4.78 is 40.8. The highest BCUT2D eigenvalue weighted by Crippen LogP contribution is 2.40. The van der Waals surface area contributed by atoms with Crippen LogP contribution in [-0.2, 0) is 6.18 Å². The highest BCUT2D eigenvalue weighted by molar-refractivity contribution is 7.17. The van der Waals surface area contributed by atoms with E-state index in [2.05, 4.69) is 4.98 Å². The van der Waals surface area contributed by atoms with Gasteiger partial charge in [0.1, 0.15) is 0 Å². The van der Waals surface area contributed by atoms with Gasteiger partial charge in [-0.05, 0) is 34.7 Å². The van der Waals surface area contributed by atoms with E-state index in [1.807, 2.05) is 29.6 Å². The first-order valence-corrected chi connectivity index (χ1v) is 8.50. The Bertz CT molecular complexity index is 1040. The zero-order valence-electron chi connectivity index (χ0n) is 13.3. The number of hydrogen-bond donors (Lipinski definition) is 0. The molecule has 0 aliphatic heterocycles. The number of nitrogens with zero attached hydrogens (tertiary/aromatic N) is 1. The average Bonchev–Trinajstić information content (AvgIpc) is 3.05. The van der Waals surface area contributed by atoms with Crippen molar-refractivity contribution in [3.63, 3.8) is 0 Å². The molecule has 132 valence electrons. The molecule has 0 spiro atoms. The van der Waals surface area contributed by atoms with Gasteiger partial charge in [0.05, 0.1) is 5.56 Å². The van der Waals surface area contributed by atoms with Crippen molar-refractivity contribution in [2.75, 3.05) is 0 Å². The Labute approximate surface area is 158 Å². The monoisotopic (exact) mass is 391 g/mol. The lowest BCUT2D eigenvalue weighted by Crippen LogP contribution is -2.06. The minimum atomic E-state index is -4.37. The Morgan fingerprint density at radius 1 is 0.846 bits per heavy atom. The summed E-state index contributed by atoms with van der Waals surface area (Å²) >= 11 is 1.52. The molecule has 0 aliphatic rings. The second-order valence-electron chi connectivity index (χ2n) is 5.65. The van der Waals surface area contributed by atoms with Crippen LogP contribution in [0.25, 0.3) is 32.3 Å². The standard InChI is InChI=1S/C20H12F3NS.ClH/c21-20(22,23)18-6-2-1-5-15(18)13-7-8-16-17(12-25-19(16)10-13)14-4-3-9-24-11-14;/h1-12H;1H. The normalized spacial score (nSPS) is 11.3. The number of aromatic nitrogens is 1. The molecule has 1 nitrogen and oxygen atoms in total. The molecule has 0 radical (unpaired) electrons. The first-order valence-electron chi connectivity index (χ1n) is 7.62. The molecule has 4 aromatic rings. The topological polar surface area (TPSA) is 12.9 Å². The van der Waals surface area contributed by atoms with Gasteiger partial charge in [0.2, 0.25) is 0 Å². The molecule has 4 rings (SSSR count). The largest absolute Gasteiger partial charge is 0.417 e. The van der Waals surface area contributed by atoms with Crippen LogP contribution in [0.4, 0.5) is 13.2 Å². The van der Waals surface area contributed by atoms with E-state index >= 15 is 0 Å². The molecule has 2 aromatic heterocycles. The Balaban J connectivity index is 0.00000196. The highest BCUT2D eigenvalue weighted by Gasteiger charge is 2.33. The first-order chi connectivity index (χ1) is 12.0. The Kier molecular flexibility index (Phi) is 5.03. The van der Waals surface area contributed by atoms with Crippen LogP contribution in [-0.4, -0.2) is 4.98 Å². The fraction of sp³-hybridized carbons (Fsp3) is 0.0500. The summed E-state index contributed by atoms with van der Waals surface area (Å²) in [5.74, 6) is 0. The van der Waals surface area contributed by atoms with Crippen LogP contribution in [0, 0.1) is 0 Å². The lowest BCUT2D eigenvalue weighted by Gasteiger charge is -2.13. The number of hydrogen-bond acceptors (Lipinski definition) is 2. The molecule has 0 N–H and O–H groups in total. The van der Waals surface area contributed by atoms with E-state index in [4.69, 9.17) is 0 Å². The number of benzene rings is 2. The van der Waals surface area contributed by atoms with Crippen molar-refractivity contribution in [2.24, 2.45) is 0 Å². The quantitative estimate of drug-likeness (QED) is 0.356. The summed E-state index contributed by atoms with van der Waals surface area (Å²) in [4.78, 5) is 4.13. The molecule has 0 amide bonds. The third kappa shape index (κ3) is 3.32. The van der Waals surface area contributed by atoms with Crippen molar-refractivity contribution in [2.45, 2.75) is 6.18 Å². The van der Waals surface area contributed by atoms with E-state index in [0.29, 0.717) is 5.56 Å². The van der Waals surface area contributed by atoms with Gasteiger partial charge in [-0.2, -0.15) is 13.2 Å². The molecule has 2 aromatic carbocycles. The van der Waals surface area contributed by atoms with Crippen molar-refractivity contribution in [1.29, 1.82) is 0 Å². The molecule has 0 saturated heterocycles. The predicted octanol–water partition coefficient (Wildman–Crippen LogP) is 7.07. The van der Waals surface area contributed by atoms with Crippen LogP contribution in [0.5, 0.6) is 0 Å². The van der Waals surface area contributed by atoms with Crippen LogP contribution >= 0.6 is 23.7 Å². The number of pyridine rings is 1. The van der Waals surface area contributed by atoms with Crippen molar-refractivity contribution < 1.29 is 13.2 Å². The molecule has 0 bridgehead atoms. The van der Waals surface area contributed by atoms with E-state index in [1.54, 1.807) is 24.5 Å². The number of halogens is 4. The minimum Gasteiger partial charge on any atom is -0.264 e. The van der Waals surface area contributed by atoms with E-state index in [1.165, 1.54) is 23.5 Å². The third-order valence-electron chi connectivity index (χ3n) is 4.09. The fourth-order valence-electron chi connectivity index (χ4n) is 2.92. The van der Waals surface area contributed by atoms with Crippen molar-refractivity contribution >= 4 is 33.8 Å². The van der Waals surface area contributed by atoms with E-state index in [0.717, 1.165) is 27.3 Å². The summed E-state index contributed by atoms with van der Waals surface area (Å²) in [6.07, 6.45) is -0.875. The summed E-state index contributed by atoms with van der Waals surface area (Å²) in [7, 11) is 0. The second-order valence-corrected chi connectivity index (χ2v) is 6.56. The van der Waals surface area contributed by atoms with Gasteiger partial charge in [-0.15, -0.1) is 23.7 Å². The molecule has 6 heteroatoms. The van der Waals surface area contributed by atoms with Gasteiger partial charge in [-0.25, -0.2) is 0 Å². The van der Waals surface area contributed by atoms with Gasteiger partial charge >= 0.3 is 6.18 Å². The summed E-state index contributed by atoms with van der Waals surface area (Å²) in [5, 5.41) is 3.03. The van der Waals surface area contributed by atoms with E-state index < -0.39 is 11.7 Å². The Hall–Kier alpha value is -2.37. The molecule has 26 heavy (non-hydrogen) atoms. The average molecular weight is 392 g/mol. The van der Waals surface area contributed by atoms with Gasteiger partial charge in [0.15, 0.2) is 0 Å². The van der Waals surface area contributed by atoms with Gasteiger partial charge in [-0.1, -0.05) is 36.4 Å². The number of thiophene rings is 1. The van der Waals surface area contributed by atoms with Crippen molar-refractivity contribution in [3.8, 4) is 22.3 Å². The Morgan fingerprint density at radius 2 is 1.65 bits per heavy atom. The van der Waals surface area contributed by atoms with Crippen LogP contribution < -0.4 is 0 Å². The zero-order valence-corrected chi connectivity index (χ0v) is 15.0. The lowest BCUT2D eigenvalue weighted by atomic mass is 9.97. The molecule has 0 fully saturated rings. The zero-order chi connectivity index (χ0) is 17.4. The SMILES string of the molecule is Cl.FC(F)(F)c1ccccc1-c1ccc2c(-c3cccnc3)csc2c1. The van der Waals surface area contributed by atoms with E-state index in [-0.39, 0.29) is 18.0 Å². The second kappa shape index (κ2) is 7.09. The molecule has 0 unspecified atom stereocenters. The van der Waals surface area contributed by atoms with Crippen molar-refractivity contribution in [3.05, 3.63) is 77.9 Å². The summed E-state index contributed by atoms with van der Waals surface area (Å²) in [6, 6.07) is 15.0.